The summed E-state index contributed by atoms with van der Waals surface area (Å²) in [5, 5.41) is 9.03. The highest BCUT2D eigenvalue weighted by atomic mass is 19.1. The summed E-state index contributed by atoms with van der Waals surface area (Å²) in [4.78, 5) is 0. The molecule has 1 N–H and O–H groups in total. The number of aliphatic hydroxyl groups is 1. The van der Waals surface area contributed by atoms with E-state index in [9.17, 15) is 4.39 Å². The molecule has 0 unspecified atom stereocenters. The molecule has 0 atom stereocenters. The highest BCUT2D eigenvalue weighted by Crippen LogP contribution is 2.28. The summed E-state index contributed by atoms with van der Waals surface area (Å²) >= 11 is 0. The molecule has 2 aromatic carbocycles. The van der Waals surface area contributed by atoms with Crippen LogP contribution in [0.3, 0.4) is 0 Å². The molecular formula is C15H15FO2. The molecule has 0 saturated carbocycles. The molecule has 0 aliphatic carbocycles. The molecule has 2 rings (SSSR count). The van der Waals surface area contributed by atoms with Gasteiger partial charge in [-0.3, -0.25) is 0 Å². The Balaban J connectivity index is 2.34. The Kier molecular flexibility index (Phi) is 3.63. The zero-order valence-electron chi connectivity index (χ0n) is 10.4. The fourth-order valence-corrected chi connectivity index (χ4v) is 1.73. The second kappa shape index (κ2) is 5.19. The normalized spacial score (nSPS) is 10.4. The first-order valence-electron chi connectivity index (χ1n) is 5.74. The van der Waals surface area contributed by atoms with E-state index >= 15 is 0 Å². The summed E-state index contributed by atoms with van der Waals surface area (Å²) in [6.07, 6.45) is 0. The maximum absolute atomic E-state index is 13.3. The lowest BCUT2D eigenvalue weighted by atomic mass is 10.1. The minimum Gasteiger partial charge on any atom is -0.457 e. The van der Waals surface area contributed by atoms with Crippen LogP contribution < -0.4 is 4.74 Å². The van der Waals surface area contributed by atoms with E-state index in [1.54, 1.807) is 6.07 Å². The van der Waals surface area contributed by atoms with Crippen LogP contribution in [-0.2, 0) is 6.61 Å². The fraction of sp³-hybridized carbons (Fsp3) is 0.200. The van der Waals surface area contributed by atoms with Crippen LogP contribution in [0.15, 0.2) is 36.4 Å². The van der Waals surface area contributed by atoms with Crippen LogP contribution in [0.5, 0.6) is 11.5 Å². The number of aryl methyl sites for hydroxylation is 1. The molecule has 3 heteroatoms. The van der Waals surface area contributed by atoms with Crippen LogP contribution in [-0.4, -0.2) is 5.11 Å². The molecule has 0 amide bonds. The minimum absolute atomic E-state index is 0.207. The van der Waals surface area contributed by atoms with Gasteiger partial charge in [0.15, 0.2) is 0 Å². The van der Waals surface area contributed by atoms with Crippen molar-refractivity contribution in [2.24, 2.45) is 0 Å². The molecule has 0 spiro atoms. The number of benzene rings is 2. The molecule has 18 heavy (non-hydrogen) atoms. The van der Waals surface area contributed by atoms with Gasteiger partial charge in [-0.05, 0) is 48.7 Å². The van der Waals surface area contributed by atoms with E-state index in [0.29, 0.717) is 17.1 Å². The number of hydrogen-bond donors (Lipinski definition) is 1. The van der Waals surface area contributed by atoms with Crippen molar-refractivity contribution in [2.45, 2.75) is 20.5 Å². The molecule has 0 fully saturated rings. The van der Waals surface area contributed by atoms with Crippen LogP contribution in [0, 0.1) is 19.7 Å². The molecule has 0 aliphatic heterocycles. The quantitative estimate of drug-likeness (QED) is 0.894. The van der Waals surface area contributed by atoms with E-state index in [4.69, 9.17) is 9.84 Å². The van der Waals surface area contributed by atoms with Crippen LogP contribution in [0.4, 0.5) is 4.39 Å². The van der Waals surface area contributed by atoms with Crippen LogP contribution >= 0.6 is 0 Å². The third-order valence-electron chi connectivity index (χ3n) is 2.90. The Morgan fingerprint density at radius 2 is 1.94 bits per heavy atom. The number of halogens is 1. The van der Waals surface area contributed by atoms with Crippen molar-refractivity contribution >= 4 is 0 Å². The van der Waals surface area contributed by atoms with Gasteiger partial charge in [-0.15, -0.1) is 0 Å². The van der Waals surface area contributed by atoms with Gasteiger partial charge in [0.05, 0.1) is 6.61 Å². The summed E-state index contributed by atoms with van der Waals surface area (Å²) in [6, 6.07) is 9.95. The molecule has 0 bridgehead atoms. The Morgan fingerprint density at radius 1 is 1.17 bits per heavy atom. The van der Waals surface area contributed by atoms with Gasteiger partial charge in [0, 0.05) is 6.07 Å². The van der Waals surface area contributed by atoms with Gasteiger partial charge in [0.2, 0.25) is 0 Å². The summed E-state index contributed by atoms with van der Waals surface area (Å²) in [7, 11) is 0. The van der Waals surface area contributed by atoms with Crippen LogP contribution in [0.1, 0.15) is 16.7 Å². The summed E-state index contributed by atoms with van der Waals surface area (Å²) in [5.74, 6) is 0.680. The van der Waals surface area contributed by atoms with Crippen molar-refractivity contribution in [3.63, 3.8) is 0 Å². The molecule has 0 heterocycles. The number of aliphatic hydroxyl groups excluding tert-OH is 1. The lowest BCUT2D eigenvalue weighted by Crippen LogP contribution is -1.92. The molecule has 0 aromatic heterocycles. The van der Waals surface area contributed by atoms with E-state index in [2.05, 4.69) is 0 Å². The van der Waals surface area contributed by atoms with Crippen LogP contribution in [0.2, 0.25) is 0 Å². The van der Waals surface area contributed by atoms with Gasteiger partial charge in [-0.25, -0.2) is 4.39 Å². The van der Waals surface area contributed by atoms with Gasteiger partial charge in [0.25, 0.3) is 0 Å². The molecule has 94 valence electrons. The van der Waals surface area contributed by atoms with Gasteiger partial charge in [-0.2, -0.15) is 0 Å². The number of rotatable bonds is 3. The highest BCUT2D eigenvalue weighted by Gasteiger charge is 2.06. The van der Waals surface area contributed by atoms with Crippen molar-refractivity contribution < 1.29 is 14.2 Å². The third kappa shape index (κ3) is 2.68. The van der Waals surface area contributed by atoms with Crippen molar-refractivity contribution in [2.75, 3.05) is 0 Å². The van der Waals surface area contributed by atoms with Crippen LogP contribution in [0.25, 0.3) is 0 Å². The molecule has 2 aromatic rings. The maximum Gasteiger partial charge on any atom is 0.130 e. The first kappa shape index (κ1) is 12.6. The Bertz CT molecular complexity index is 564. The number of ether oxygens (including phenoxy) is 1. The largest absolute Gasteiger partial charge is 0.457 e. The predicted molar refractivity (Wildman–Crippen MR) is 68.3 cm³/mol. The standard InChI is InChI=1S/C15H15FO2/c1-10-4-3-5-15(11(10)2)18-14-7-12(9-17)6-13(16)8-14/h3-8,17H,9H2,1-2H3. The number of hydrogen-bond acceptors (Lipinski definition) is 2. The third-order valence-corrected chi connectivity index (χ3v) is 2.90. The van der Waals surface area contributed by atoms with Gasteiger partial charge in [-0.1, -0.05) is 12.1 Å². The summed E-state index contributed by atoms with van der Waals surface area (Å²) in [5.41, 5.74) is 2.63. The van der Waals surface area contributed by atoms with Crippen molar-refractivity contribution in [3.05, 3.63) is 58.9 Å². The second-order valence-electron chi connectivity index (χ2n) is 4.25. The Labute approximate surface area is 106 Å². The van der Waals surface area contributed by atoms with Crippen molar-refractivity contribution in [1.29, 1.82) is 0 Å². The fourth-order valence-electron chi connectivity index (χ4n) is 1.73. The lowest BCUT2D eigenvalue weighted by molar-refractivity contribution is 0.280. The molecule has 0 aliphatic rings. The SMILES string of the molecule is Cc1cccc(Oc2cc(F)cc(CO)c2)c1C. The van der Waals surface area contributed by atoms with Gasteiger partial charge >= 0.3 is 0 Å². The smallest absolute Gasteiger partial charge is 0.130 e. The van der Waals surface area contributed by atoms with E-state index in [0.717, 1.165) is 11.1 Å². The topological polar surface area (TPSA) is 29.5 Å². The van der Waals surface area contributed by atoms with Crippen molar-refractivity contribution in [3.8, 4) is 11.5 Å². The van der Waals surface area contributed by atoms with E-state index in [1.165, 1.54) is 12.1 Å². The zero-order valence-corrected chi connectivity index (χ0v) is 10.4. The van der Waals surface area contributed by atoms with Crippen molar-refractivity contribution in [1.82, 2.24) is 0 Å². The Hall–Kier alpha value is -1.87. The first-order valence-corrected chi connectivity index (χ1v) is 5.74. The molecule has 0 radical (unpaired) electrons. The second-order valence-corrected chi connectivity index (χ2v) is 4.25. The lowest BCUT2D eigenvalue weighted by Gasteiger charge is -2.11. The molecule has 2 nitrogen and oxygen atoms in total. The average molecular weight is 246 g/mol. The van der Waals surface area contributed by atoms with E-state index in [-0.39, 0.29) is 6.61 Å². The van der Waals surface area contributed by atoms with Gasteiger partial charge < -0.3 is 9.84 Å². The average Bonchev–Trinajstić information content (AvgIpc) is 2.34. The molecular weight excluding hydrogens is 231 g/mol. The summed E-state index contributed by atoms with van der Waals surface area (Å²) in [6.45, 7) is 3.74. The van der Waals surface area contributed by atoms with E-state index in [1.807, 2.05) is 32.0 Å². The predicted octanol–water partition coefficient (Wildman–Crippen LogP) is 3.73. The zero-order chi connectivity index (χ0) is 13.1. The Morgan fingerprint density at radius 3 is 2.67 bits per heavy atom. The summed E-state index contributed by atoms with van der Waals surface area (Å²) < 4.78 is 19.0. The maximum atomic E-state index is 13.3. The minimum atomic E-state index is -0.415. The first-order chi connectivity index (χ1) is 8.60. The molecule has 0 saturated heterocycles. The highest BCUT2D eigenvalue weighted by molar-refractivity contribution is 5.42. The van der Waals surface area contributed by atoms with Gasteiger partial charge in [0.1, 0.15) is 17.3 Å². The monoisotopic (exact) mass is 246 g/mol. The van der Waals surface area contributed by atoms with E-state index < -0.39 is 5.82 Å².